The zero-order valence-electron chi connectivity index (χ0n) is 11.5. The zero-order valence-corrected chi connectivity index (χ0v) is 13.1. The molecule has 1 heteroatoms. The van der Waals surface area contributed by atoms with E-state index in [4.69, 9.17) is 0 Å². The Kier molecular flexibility index (Phi) is 4.98. The number of benzene rings is 2. The molecule has 0 saturated carbocycles. The molecule has 98 valence electrons. The molecule has 0 radical (unpaired) electrons. The number of aryl methyl sites for hydroxylation is 1. The van der Waals surface area contributed by atoms with Gasteiger partial charge in [0.15, 0.2) is 0 Å². The molecule has 0 bridgehead atoms. The maximum absolute atomic E-state index is 3.62. The predicted molar refractivity (Wildman–Crippen MR) is 88.1 cm³/mol. The largest absolute Gasteiger partial charge is 0.0651 e. The molecule has 0 heterocycles. The van der Waals surface area contributed by atoms with E-state index in [1.807, 2.05) is 6.07 Å². The van der Waals surface area contributed by atoms with E-state index in [1.165, 1.54) is 28.7 Å². The number of halogens is 1. The maximum Gasteiger partial charge on any atom is 0.0250 e. The summed E-state index contributed by atoms with van der Waals surface area (Å²) in [6, 6.07) is 17.0. The second-order valence-corrected chi connectivity index (χ2v) is 5.61. The van der Waals surface area contributed by atoms with Crippen molar-refractivity contribution in [3.8, 4) is 0 Å². The molecule has 0 saturated heterocycles. The minimum atomic E-state index is 1.13. The molecule has 19 heavy (non-hydrogen) atoms. The van der Waals surface area contributed by atoms with Gasteiger partial charge in [-0.15, -0.1) is 0 Å². The summed E-state index contributed by atoms with van der Waals surface area (Å²) in [5, 5.41) is 0. The van der Waals surface area contributed by atoms with Crippen LogP contribution >= 0.6 is 15.9 Å². The van der Waals surface area contributed by atoms with Crippen LogP contribution in [0.15, 0.2) is 53.0 Å². The average molecular weight is 315 g/mol. The van der Waals surface area contributed by atoms with Crippen LogP contribution in [-0.4, -0.2) is 0 Å². The van der Waals surface area contributed by atoms with Crippen molar-refractivity contribution in [3.63, 3.8) is 0 Å². The van der Waals surface area contributed by atoms with Gasteiger partial charge in [-0.1, -0.05) is 77.8 Å². The van der Waals surface area contributed by atoms with Crippen molar-refractivity contribution in [1.82, 2.24) is 0 Å². The fraction of sp³-hybridized carbons (Fsp3) is 0.222. The second kappa shape index (κ2) is 6.72. The highest BCUT2D eigenvalue weighted by Gasteiger charge is 2.03. The quantitative estimate of drug-likeness (QED) is 0.610. The summed E-state index contributed by atoms with van der Waals surface area (Å²) in [5.74, 6) is 0. The lowest BCUT2D eigenvalue weighted by Crippen LogP contribution is -1.89. The van der Waals surface area contributed by atoms with Gasteiger partial charge < -0.3 is 0 Å². The van der Waals surface area contributed by atoms with Gasteiger partial charge in [0.25, 0.3) is 0 Å². The monoisotopic (exact) mass is 314 g/mol. The molecule has 0 fully saturated rings. The van der Waals surface area contributed by atoms with Crippen LogP contribution in [0.3, 0.4) is 0 Å². The first-order valence-corrected chi connectivity index (χ1v) is 7.52. The van der Waals surface area contributed by atoms with Gasteiger partial charge in [-0.25, -0.2) is 0 Å². The molecule has 0 aliphatic heterocycles. The van der Waals surface area contributed by atoms with E-state index in [2.05, 4.69) is 78.3 Å². The molecule has 0 unspecified atom stereocenters. The smallest absolute Gasteiger partial charge is 0.0250 e. The van der Waals surface area contributed by atoms with Crippen molar-refractivity contribution in [2.75, 3.05) is 0 Å². The van der Waals surface area contributed by atoms with E-state index < -0.39 is 0 Å². The van der Waals surface area contributed by atoms with Gasteiger partial charge in [0, 0.05) is 4.47 Å². The Balaban J connectivity index is 2.38. The molecule has 0 aliphatic carbocycles. The average Bonchev–Trinajstić information content (AvgIpc) is 2.41. The molecule has 0 N–H and O–H groups in total. The maximum atomic E-state index is 3.62. The first-order chi connectivity index (χ1) is 9.22. The molecule has 2 rings (SSSR count). The van der Waals surface area contributed by atoms with E-state index in [1.54, 1.807) is 0 Å². The summed E-state index contributed by atoms with van der Waals surface area (Å²) < 4.78 is 1.15. The van der Waals surface area contributed by atoms with E-state index in [0.717, 1.165) is 10.9 Å². The van der Waals surface area contributed by atoms with Crippen LogP contribution in [0.4, 0.5) is 0 Å². The summed E-state index contributed by atoms with van der Waals surface area (Å²) in [7, 11) is 0. The predicted octanol–water partition coefficient (Wildman–Crippen LogP) is 5.96. The molecule has 0 aliphatic rings. The summed E-state index contributed by atoms with van der Waals surface area (Å²) in [4.78, 5) is 0. The highest BCUT2D eigenvalue weighted by Crippen LogP contribution is 2.26. The third-order valence-corrected chi connectivity index (χ3v) is 3.94. The minimum absolute atomic E-state index is 1.13. The summed E-state index contributed by atoms with van der Waals surface area (Å²) >= 11 is 3.62. The fourth-order valence-corrected chi connectivity index (χ4v) is 2.86. The molecule has 0 nitrogen and oxygen atoms in total. The molecule has 0 spiro atoms. The van der Waals surface area contributed by atoms with Crippen molar-refractivity contribution in [1.29, 1.82) is 0 Å². The Labute approximate surface area is 124 Å². The van der Waals surface area contributed by atoms with Crippen molar-refractivity contribution in [2.24, 2.45) is 0 Å². The first-order valence-electron chi connectivity index (χ1n) is 6.73. The van der Waals surface area contributed by atoms with Crippen LogP contribution in [0.5, 0.6) is 0 Å². The van der Waals surface area contributed by atoms with Gasteiger partial charge in [0.05, 0.1) is 0 Å². The highest BCUT2D eigenvalue weighted by atomic mass is 79.9. The van der Waals surface area contributed by atoms with Gasteiger partial charge >= 0.3 is 0 Å². The normalized spacial score (nSPS) is 11.6. The van der Waals surface area contributed by atoms with Crippen LogP contribution in [0, 0.1) is 0 Å². The summed E-state index contributed by atoms with van der Waals surface area (Å²) in [5.41, 5.74) is 5.30. The zero-order chi connectivity index (χ0) is 13.7. The van der Waals surface area contributed by atoms with Gasteiger partial charge in [-0.2, -0.15) is 0 Å². The third kappa shape index (κ3) is 3.57. The van der Waals surface area contributed by atoms with Gasteiger partial charge in [0.1, 0.15) is 0 Å². The Bertz CT molecular complexity index is 582. The van der Waals surface area contributed by atoms with Crippen molar-refractivity contribution < 1.29 is 0 Å². The molecular formula is C18H19Br. The first kappa shape index (κ1) is 14.1. The Hall–Kier alpha value is -1.34. The number of hydrogen-bond donors (Lipinski definition) is 0. The second-order valence-electron chi connectivity index (χ2n) is 4.76. The molecule has 0 aromatic heterocycles. The lowest BCUT2D eigenvalue weighted by Gasteiger charge is -2.08. The number of rotatable bonds is 4. The standard InChI is InChI=1S/C18H19Br/c1-3-8-15-9-4-5-10-16(15)13-14(2)17-11-6-7-12-18(17)19/h4-7,9-13H,3,8H2,1-2H3/b14-13+. The van der Waals surface area contributed by atoms with Crippen molar-refractivity contribution in [3.05, 3.63) is 69.7 Å². The summed E-state index contributed by atoms with van der Waals surface area (Å²) in [6.45, 7) is 4.39. The molecular weight excluding hydrogens is 296 g/mol. The minimum Gasteiger partial charge on any atom is -0.0651 e. The third-order valence-electron chi connectivity index (χ3n) is 3.25. The van der Waals surface area contributed by atoms with Crippen molar-refractivity contribution >= 4 is 27.6 Å². The lowest BCUT2D eigenvalue weighted by atomic mass is 9.99. The van der Waals surface area contributed by atoms with E-state index in [0.29, 0.717) is 0 Å². The van der Waals surface area contributed by atoms with Crippen LogP contribution in [0.1, 0.15) is 37.0 Å². The lowest BCUT2D eigenvalue weighted by molar-refractivity contribution is 0.919. The van der Waals surface area contributed by atoms with Crippen LogP contribution in [0.25, 0.3) is 11.6 Å². The van der Waals surface area contributed by atoms with E-state index >= 15 is 0 Å². The van der Waals surface area contributed by atoms with Crippen molar-refractivity contribution in [2.45, 2.75) is 26.7 Å². The Morgan fingerprint density at radius 1 is 1.05 bits per heavy atom. The summed E-state index contributed by atoms with van der Waals surface area (Å²) in [6.07, 6.45) is 4.60. The van der Waals surface area contributed by atoms with Crippen LogP contribution < -0.4 is 0 Å². The van der Waals surface area contributed by atoms with Crippen LogP contribution in [-0.2, 0) is 6.42 Å². The highest BCUT2D eigenvalue weighted by molar-refractivity contribution is 9.10. The van der Waals surface area contributed by atoms with Gasteiger partial charge in [-0.05, 0) is 41.7 Å². The number of hydrogen-bond acceptors (Lipinski definition) is 0. The molecule has 2 aromatic rings. The molecule has 2 aromatic carbocycles. The van der Waals surface area contributed by atoms with E-state index in [-0.39, 0.29) is 0 Å². The van der Waals surface area contributed by atoms with Gasteiger partial charge in [0.2, 0.25) is 0 Å². The van der Waals surface area contributed by atoms with Crippen LogP contribution in [0.2, 0.25) is 0 Å². The Morgan fingerprint density at radius 3 is 2.47 bits per heavy atom. The molecule has 0 atom stereocenters. The van der Waals surface area contributed by atoms with Gasteiger partial charge in [-0.3, -0.25) is 0 Å². The topological polar surface area (TPSA) is 0 Å². The molecule has 0 amide bonds. The fourth-order valence-electron chi connectivity index (χ4n) is 2.26. The van der Waals surface area contributed by atoms with E-state index in [9.17, 15) is 0 Å². The number of allylic oxidation sites excluding steroid dienone is 1. The SMILES string of the molecule is CCCc1ccccc1/C=C(\C)c1ccccc1Br. The Morgan fingerprint density at radius 2 is 1.74 bits per heavy atom.